The number of hydrogen-bond acceptors (Lipinski definition) is 3. The Morgan fingerprint density at radius 2 is 1.58 bits per heavy atom. The van der Waals surface area contributed by atoms with E-state index in [0.29, 0.717) is 16.7 Å². The molecule has 1 N–H and O–H groups in total. The zero-order valence-electron chi connectivity index (χ0n) is 16.6. The van der Waals surface area contributed by atoms with Crippen LogP contribution in [0.4, 0.5) is 14.5 Å². The normalized spacial score (nSPS) is 12.3. The van der Waals surface area contributed by atoms with Gasteiger partial charge in [0.2, 0.25) is 0 Å². The molecule has 5 nitrogen and oxygen atoms in total. The number of benzene rings is 3. The molecule has 0 heterocycles. The first-order chi connectivity index (χ1) is 14.6. The second-order valence-corrected chi connectivity index (χ2v) is 9.02. The molecule has 0 fully saturated rings. The van der Waals surface area contributed by atoms with Gasteiger partial charge >= 0.3 is 0 Å². The summed E-state index contributed by atoms with van der Waals surface area (Å²) in [6.07, 6.45) is 0. The predicted octanol–water partition coefficient (Wildman–Crippen LogP) is 5.25. The number of anilines is 1. The lowest BCUT2D eigenvalue weighted by Crippen LogP contribution is -2.29. The number of carbonyl (C=O) groups is 1. The second kappa shape index (κ2) is 9.03. The Bertz CT molecular complexity index is 1200. The molecule has 0 bridgehead atoms. The highest BCUT2D eigenvalue weighted by molar-refractivity contribution is 7.92. The first kappa shape index (κ1) is 22.7. The quantitative estimate of drug-likeness (QED) is 0.541. The van der Waals surface area contributed by atoms with Gasteiger partial charge < -0.3 is 4.90 Å². The molecule has 0 spiro atoms. The summed E-state index contributed by atoms with van der Waals surface area (Å²) in [6.45, 7) is 1.88. The summed E-state index contributed by atoms with van der Waals surface area (Å²) in [6, 6.07) is 15.1. The van der Waals surface area contributed by atoms with E-state index in [1.807, 2.05) is 19.1 Å². The largest absolute Gasteiger partial charge is 0.335 e. The van der Waals surface area contributed by atoms with Crippen molar-refractivity contribution in [1.82, 2.24) is 4.90 Å². The van der Waals surface area contributed by atoms with Gasteiger partial charge in [-0.05, 0) is 67.1 Å². The van der Waals surface area contributed by atoms with Gasteiger partial charge in [0.15, 0.2) is 11.6 Å². The average Bonchev–Trinajstić information content (AvgIpc) is 2.75. The van der Waals surface area contributed by atoms with E-state index in [0.717, 1.165) is 17.7 Å². The van der Waals surface area contributed by atoms with Crippen molar-refractivity contribution in [3.8, 4) is 0 Å². The minimum atomic E-state index is -4.12. The van der Waals surface area contributed by atoms with Gasteiger partial charge in [0.05, 0.1) is 10.9 Å². The van der Waals surface area contributed by atoms with Crippen LogP contribution in [-0.2, 0) is 10.0 Å². The van der Waals surface area contributed by atoms with Gasteiger partial charge in [-0.25, -0.2) is 17.2 Å². The fourth-order valence-electron chi connectivity index (χ4n) is 2.88. The van der Waals surface area contributed by atoms with E-state index in [2.05, 4.69) is 4.72 Å². The van der Waals surface area contributed by atoms with Crippen molar-refractivity contribution in [2.75, 3.05) is 11.8 Å². The first-order valence-corrected chi connectivity index (χ1v) is 11.0. The molecule has 3 aromatic rings. The molecule has 0 aliphatic heterocycles. The smallest absolute Gasteiger partial charge is 0.261 e. The standard InChI is InChI=1S/C22H19ClF2N2O3S/c1-14(15-3-7-17(23)8-4-15)27(2)22(28)16-5-9-18(10-6-16)26-31(29,30)19-11-12-20(24)21(25)13-19/h3-14,26H,1-2H3. The van der Waals surface area contributed by atoms with Crippen LogP contribution in [0.15, 0.2) is 71.6 Å². The van der Waals surface area contributed by atoms with Crippen molar-refractivity contribution in [1.29, 1.82) is 0 Å². The highest BCUT2D eigenvalue weighted by Crippen LogP contribution is 2.24. The zero-order chi connectivity index (χ0) is 22.8. The Labute approximate surface area is 184 Å². The van der Waals surface area contributed by atoms with Gasteiger partial charge in [-0.3, -0.25) is 9.52 Å². The van der Waals surface area contributed by atoms with E-state index in [1.165, 1.54) is 24.3 Å². The van der Waals surface area contributed by atoms with Crippen LogP contribution in [0.2, 0.25) is 5.02 Å². The van der Waals surface area contributed by atoms with Crippen molar-refractivity contribution < 1.29 is 22.0 Å². The molecule has 0 aliphatic carbocycles. The summed E-state index contributed by atoms with van der Waals surface area (Å²) >= 11 is 5.90. The van der Waals surface area contributed by atoms with Gasteiger partial charge in [-0.15, -0.1) is 0 Å². The van der Waals surface area contributed by atoms with Crippen molar-refractivity contribution in [2.24, 2.45) is 0 Å². The van der Waals surface area contributed by atoms with Crippen LogP contribution in [0.25, 0.3) is 0 Å². The van der Waals surface area contributed by atoms with Crippen LogP contribution in [-0.4, -0.2) is 26.3 Å². The summed E-state index contributed by atoms with van der Waals surface area (Å²) in [4.78, 5) is 13.9. The minimum absolute atomic E-state index is 0.176. The Morgan fingerprint density at radius 1 is 0.968 bits per heavy atom. The van der Waals surface area contributed by atoms with Crippen LogP contribution in [0, 0.1) is 11.6 Å². The number of rotatable bonds is 6. The predicted molar refractivity (Wildman–Crippen MR) is 116 cm³/mol. The molecular formula is C22H19ClF2N2O3S. The third kappa shape index (κ3) is 5.21. The Balaban J connectivity index is 1.73. The average molecular weight is 465 g/mol. The second-order valence-electron chi connectivity index (χ2n) is 6.90. The molecule has 31 heavy (non-hydrogen) atoms. The maximum atomic E-state index is 13.4. The van der Waals surface area contributed by atoms with E-state index in [9.17, 15) is 22.0 Å². The lowest BCUT2D eigenvalue weighted by atomic mass is 10.1. The lowest BCUT2D eigenvalue weighted by Gasteiger charge is -2.25. The zero-order valence-corrected chi connectivity index (χ0v) is 18.2. The van der Waals surface area contributed by atoms with E-state index in [4.69, 9.17) is 11.6 Å². The highest BCUT2D eigenvalue weighted by Gasteiger charge is 2.20. The summed E-state index contributed by atoms with van der Waals surface area (Å²) in [5, 5.41) is 0.603. The van der Waals surface area contributed by atoms with E-state index < -0.39 is 26.6 Å². The molecule has 0 saturated heterocycles. The molecule has 162 valence electrons. The summed E-state index contributed by atoms with van der Waals surface area (Å²) < 4.78 is 53.4. The third-order valence-electron chi connectivity index (χ3n) is 4.84. The van der Waals surface area contributed by atoms with Crippen LogP contribution in [0.5, 0.6) is 0 Å². The molecular weight excluding hydrogens is 446 g/mol. The monoisotopic (exact) mass is 464 g/mol. The highest BCUT2D eigenvalue weighted by atomic mass is 35.5. The molecule has 0 aromatic heterocycles. The number of carbonyl (C=O) groups excluding carboxylic acids is 1. The number of sulfonamides is 1. The molecule has 0 radical (unpaired) electrons. The van der Waals surface area contributed by atoms with E-state index in [-0.39, 0.29) is 17.6 Å². The fourth-order valence-corrected chi connectivity index (χ4v) is 4.08. The molecule has 3 rings (SSSR count). The van der Waals surface area contributed by atoms with Gasteiger partial charge in [0.1, 0.15) is 0 Å². The summed E-state index contributed by atoms with van der Waals surface area (Å²) in [7, 11) is -2.45. The molecule has 9 heteroatoms. The topological polar surface area (TPSA) is 66.5 Å². The maximum absolute atomic E-state index is 13.4. The minimum Gasteiger partial charge on any atom is -0.335 e. The van der Waals surface area contributed by atoms with Gasteiger partial charge in [-0.2, -0.15) is 0 Å². The van der Waals surface area contributed by atoms with Crippen LogP contribution < -0.4 is 4.72 Å². The van der Waals surface area contributed by atoms with Crippen molar-refractivity contribution in [3.63, 3.8) is 0 Å². The third-order valence-corrected chi connectivity index (χ3v) is 6.47. The lowest BCUT2D eigenvalue weighted by molar-refractivity contribution is 0.0742. The molecule has 1 unspecified atom stereocenters. The molecule has 0 saturated carbocycles. The Hall–Kier alpha value is -2.97. The van der Waals surface area contributed by atoms with Crippen LogP contribution in [0.3, 0.4) is 0 Å². The number of nitrogens with one attached hydrogen (secondary N) is 1. The molecule has 1 amide bonds. The van der Waals surface area contributed by atoms with Crippen LogP contribution >= 0.6 is 11.6 Å². The van der Waals surface area contributed by atoms with Gasteiger partial charge in [-0.1, -0.05) is 23.7 Å². The van der Waals surface area contributed by atoms with Crippen molar-refractivity contribution >= 4 is 33.2 Å². The van der Waals surface area contributed by atoms with Gasteiger partial charge in [0.25, 0.3) is 15.9 Å². The first-order valence-electron chi connectivity index (χ1n) is 9.19. The maximum Gasteiger partial charge on any atom is 0.261 e. The Kier molecular flexibility index (Phi) is 6.62. The van der Waals surface area contributed by atoms with Crippen molar-refractivity contribution in [2.45, 2.75) is 17.9 Å². The number of nitrogens with zero attached hydrogens (tertiary/aromatic N) is 1. The molecule has 0 aliphatic rings. The number of amides is 1. The number of hydrogen-bond donors (Lipinski definition) is 1. The van der Waals surface area contributed by atoms with Crippen LogP contribution in [0.1, 0.15) is 28.9 Å². The fraction of sp³-hybridized carbons (Fsp3) is 0.136. The van der Waals surface area contributed by atoms with Crippen molar-refractivity contribution in [3.05, 3.63) is 94.5 Å². The molecule has 1 atom stereocenters. The molecule has 3 aromatic carbocycles. The van der Waals surface area contributed by atoms with E-state index >= 15 is 0 Å². The Morgan fingerprint density at radius 3 is 2.16 bits per heavy atom. The number of halogens is 3. The van der Waals surface area contributed by atoms with E-state index in [1.54, 1.807) is 24.1 Å². The summed E-state index contributed by atoms with van der Waals surface area (Å²) in [5.74, 6) is -2.65. The summed E-state index contributed by atoms with van der Waals surface area (Å²) in [5.41, 5.74) is 1.45. The SMILES string of the molecule is CC(c1ccc(Cl)cc1)N(C)C(=O)c1ccc(NS(=O)(=O)c2ccc(F)c(F)c2)cc1. The van der Waals surface area contributed by atoms with Gasteiger partial charge in [0, 0.05) is 23.3 Å².